The van der Waals surface area contributed by atoms with Crippen molar-refractivity contribution in [3.63, 3.8) is 0 Å². The predicted molar refractivity (Wildman–Crippen MR) is 94.7 cm³/mol. The second-order valence-electron chi connectivity index (χ2n) is 7.02. The first kappa shape index (κ1) is 18.6. The lowest BCUT2D eigenvalue weighted by Gasteiger charge is -2.24. The molecule has 2 atom stereocenters. The Balaban J connectivity index is 1.96. The lowest BCUT2D eigenvalue weighted by atomic mass is 10.1. The van der Waals surface area contributed by atoms with Crippen LogP contribution in [0.15, 0.2) is 18.2 Å². The number of anilines is 2. The molecule has 0 aliphatic carbocycles. The molecule has 4 amide bonds. The van der Waals surface area contributed by atoms with E-state index < -0.39 is 18.2 Å². The molecule has 4 N–H and O–H groups in total. The Bertz CT molecular complexity index is 696. The lowest BCUT2D eigenvalue weighted by molar-refractivity contribution is -0.124. The molecule has 0 bridgehead atoms. The molecule has 8 nitrogen and oxygen atoms in total. The van der Waals surface area contributed by atoms with Gasteiger partial charge in [-0.3, -0.25) is 9.59 Å². The van der Waals surface area contributed by atoms with Crippen LogP contribution in [0.2, 0.25) is 0 Å². The van der Waals surface area contributed by atoms with Crippen molar-refractivity contribution in [2.24, 2.45) is 0 Å². The first-order valence-electron chi connectivity index (χ1n) is 8.06. The number of hydrogen-bond donors (Lipinski definition) is 4. The molecule has 25 heavy (non-hydrogen) atoms. The molecule has 0 saturated heterocycles. The predicted octanol–water partition coefficient (Wildman–Crippen LogP) is 1.83. The first-order valence-corrected chi connectivity index (χ1v) is 8.06. The number of amides is 4. The maximum absolute atomic E-state index is 12.1. The molecule has 2 unspecified atom stereocenters. The molecule has 1 aromatic rings. The molecule has 1 aromatic carbocycles. The van der Waals surface area contributed by atoms with E-state index in [1.54, 1.807) is 32.0 Å². The number of carbonyl (C=O) groups is 3. The molecule has 1 aliphatic rings. The minimum absolute atomic E-state index is 0.249. The number of nitrogens with one attached hydrogen (secondary N) is 4. The number of ether oxygens (including phenoxy) is 1. The van der Waals surface area contributed by atoms with Crippen molar-refractivity contribution in [3.05, 3.63) is 18.2 Å². The second-order valence-corrected chi connectivity index (χ2v) is 7.02. The number of urea groups is 1. The monoisotopic (exact) mass is 348 g/mol. The van der Waals surface area contributed by atoms with Crippen LogP contribution in [0.5, 0.6) is 5.75 Å². The zero-order valence-electron chi connectivity index (χ0n) is 15.0. The van der Waals surface area contributed by atoms with E-state index in [4.69, 9.17) is 4.74 Å². The minimum Gasteiger partial charge on any atom is -0.479 e. The van der Waals surface area contributed by atoms with Crippen LogP contribution >= 0.6 is 0 Å². The van der Waals surface area contributed by atoms with Crippen LogP contribution in [0, 0.1) is 0 Å². The summed E-state index contributed by atoms with van der Waals surface area (Å²) in [6, 6.07) is 3.70. The Morgan fingerprint density at radius 3 is 2.60 bits per heavy atom. The highest BCUT2D eigenvalue weighted by Crippen LogP contribution is 2.32. The average molecular weight is 348 g/mol. The number of carbonyl (C=O) groups excluding carboxylic acids is 3. The Kier molecular flexibility index (Phi) is 5.20. The highest BCUT2D eigenvalue weighted by Gasteiger charge is 2.24. The van der Waals surface area contributed by atoms with Gasteiger partial charge in [-0.2, -0.15) is 0 Å². The average Bonchev–Trinajstić information content (AvgIpc) is 2.46. The summed E-state index contributed by atoms with van der Waals surface area (Å²) < 4.78 is 5.45. The smallest absolute Gasteiger partial charge is 0.319 e. The summed E-state index contributed by atoms with van der Waals surface area (Å²) in [4.78, 5) is 35.7. The van der Waals surface area contributed by atoms with Gasteiger partial charge in [-0.25, -0.2) is 4.79 Å². The maximum atomic E-state index is 12.1. The van der Waals surface area contributed by atoms with Gasteiger partial charge in [-0.15, -0.1) is 0 Å². The van der Waals surface area contributed by atoms with Gasteiger partial charge in [0.1, 0.15) is 11.8 Å². The Morgan fingerprint density at radius 2 is 1.96 bits per heavy atom. The summed E-state index contributed by atoms with van der Waals surface area (Å²) in [5.41, 5.74) is 0.578. The summed E-state index contributed by atoms with van der Waals surface area (Å²) in [5.74, 6) is 0.0142. The molecule has 0 saturated carbocycles. The molecular weight excluding hydrogens is 324 g/mol. The summed E-state index contributed by atoms with van der Waals surface area (Å²) >= 11 is 0. The van der Waals surface area contributed by atoms with Gasteiger partial charge in [-0.05, 0) is 52.8 Å². The van der Waals surface area contributed by atoms with Crippen molar-refractivity contribution in [2.75, 3.05) is 10.6 Å². The quantitative estimate of drug-likeness (QED) is 0.668. The molecule has 1 aliphatic heterocycles. The summed E-state index contributed by atoms with van der Waals surface area (Å²) in [7, 11) is 0. The molecule has 2 rings (SSSR count). The fraction of sp³-hybridized carbons (Fsp3) is 0.471. The van der Waals surface area contributed by atoms with Crippen molar-refractivity contribution in [2.45, 2.75) is 52.3 Å². The van der Waals surface area contributed by atoms with E-state index in [2.05, 4.69) is 21.3 Å². The Morgan fingerprint density at radius 1 is 1.28 bits per heavy atom. The molecule has 1 heterocycles. The summed E-state index contributed by atoms with van der Waals surface area (Å²) in [6.45, 7) is 8.84. The fourth-order valence-corrected chi connectivity index (χ4v) is 2.19. The van der Waals surface area contributed by atoms with E-state index in [0.29, 0.717) is 17.1 Å². The van der Waals surface area contributed by atoms with E-state index in [0.717, 1.165) is 0 Å². The second kappa shape index (κ2) is 7.00. The van der Waals surface area contributed by atoms with Gasteiger partial charge in [-0.1, -0.05) is 0 Å². The zero-order valence-corrected chi connectivity index (χ0v) is 15.0. The van der Waals surface area contributed by atoms with Crippen molar-refractivity contribution in [3.8, 4) is 5.75 Å². The molecule has 8 heteroatoms. The lowest BCUT2D eigenvalue weighted by Crippen LogP contribution is -2.51. The van der Waals surface area contributed by atoms with Crippen LogP contribution in [0.25, 0.3) is 0 Å². The first-order chi connectivity index (χ1) is 11.5. The van der Waals surface area contributed by atoms with E-state index in [1.165, 1.54) is 0 Å². The van der Waals surface area contributed by atoms with E-state index in [1.807, 2.05) is 20.8 Å². The molecule has 0 fully saturated rings. The van der Waals surface area contributed by atoms with Gasteiger partial charge < -0.3 is 26.0 Å². The van der Waals surface area contributed by atoms with Gasteiger partial charge in [0.2, 0.25) is 5.91 Å². The maximum Gasteiger partial charge on any atom is 0.319 e. The standard InChI is InChI=1S/C17H24N4O4/c1-9(14(22)21-17(3,4)5)18-16(24)19-11-6-7-13-12(8-11)20-15(23)10(2)25-13/h6-10H,1-5H3,(H,20,23)(H,21,22)(H2,18,19,24). The van der Waals surface area contributed by atoms with Crippen LogP contribution < -0.4 is 26.0 Å². The number of benzene rings is 1. The topological polar surface area (TPSA) is 109 Å². The van der Waals surface area contributed by atoms with Crippen LogP contribution in [0.1, 0.15) is 34.6 Å². The van der Waals surface area contributed by atoms with Crippen molar-refractivity contribution in [1.29, 1.82) is 0 Å². The minimum atomic E-state index is -0.694. The van der Waals surface area contributed by atoms with E-state index >= 15 is 0 Å². The summed E-state index contributed by atoms with van der Waals surface area (Å²) in [5, 5.41) is 10.7. The van der Waals surface area contributed by atoms with Gasteiger partial charge >= 0.3 is 6.03 Å². The van der Waals surface area contributed by atoms with Crippen LogP contribution in [0.3, 0.4) is 0 Å². The zero-order chi connectivity index (χ0) is 18.8. The number of fused-ring (bicyclic) bond motifs is 1. The van der Waals surface area contributed by atoms with E-state index in [9.17, 15) is 14.4 Å². The Labute approximate surface area is 146 Å². The van der Waals surface area contributed by atoms with Gasteiger partial charge in [0.25, 0.3) is 5.91 Å². The molecule has 0 spiro atoms. The third kappa shape index (κ3) is 5.10. The third-order valence-electron chi connectivity index (χ3n) is 3.41. The van der Waals surface area contributed by atoms with Crippen LogP contribution in [-0.4, -0.2) is 35.5 Å². The van der Waals surface area contributed by atoms with Crippen molar-refractivity contribution >= 4 is 29.2 Å². The van der Waals surface area contributed by atoms with Crippen molar-refractivity contribution < 1.29 is 19.1 Å². The van der Waals surface area contributed by atoms with Crippen molar-refractivity contribution in [1.82, 2.24) is 10.6 Å². The number of rotatable bonds is 3. The molecule has 0 aromatic heterocycles. The summed E-state index contributed by atoms with van der Waals surface area (Å²) in [6.07, 6.45) is -0.559. The van der Waals surface area contributed by atoms with Crippen LogP contribution in [-0.2, 0) is 9.59 Å². The van der Waals surface area contributed by atoms with E-state index in [-0.39, 0.29) is 17.4 Å². The highest BCUT2D eigenvalue weighted by atomic mass is 16.5. The normalized spacial score (nSPS) is 17.5. The van der Waals surface area contributed by atoms with Gasteiger partial charge in [0, 0.05) is 11.2 Å². The fourth-order valence-electron chi connectivity index (χ4n) is 2.19. The number of hydrogen-bond acceptors (Lipinski definition) is 4. The third-order valence-corrected chi connectivity index (χ3v) is 3.41. The largest absolute Gasteiger partial charge is 0.479 e. The molecule has 136 valence electrons. The van der Waals surface area contributed by atoms with Gasteiger partial charge in [0.15, 0.2) is 6.10 Å². The molecule has 0 radical (unpaired) electrons. The molecular formula is C17H24N4O4. The van der Waals surface area contributed by atoms with Crippen LogP contribution in [0.4, 0.5) is 16.2 Å². The highest BCUT2D eigenvalue weighted by molar-refractivity contribution is 5.99. The SMILES string of the molecule is CC(NC(=O)Nc1ccc2c(c1)NC(=O)C(C)O2)C(=O)NC(C)(C)C. The van der Waals surface area contributed by atoms with Gasteiger partial charge in [0.05, 0.1) is 5.69 Å². The Hall–Kier alpha value is -2.77.